The predicted molar refractivity (Wildman–Crippen MR) is 176 cm³/mol. The Morgan fingerprint density at radius 3 is 2.46 bits per heavy atom. The smallest absolute Gasteiger partial charge is 0.416 e. The van der Waals surface area contributed by atoms with Gasteiger partial charge in [0.05, 0.1) is 29.2 Å². The van der Waals surface area contributed by atoms with Crippen LogP contribution in [0, 0.1) is 5.82 Å². The lowest BCUT2D eigenvalue weighted by Gasteiger charge is -2.26. The van der Waals surface area contributed by atoms with Crippen LogP contribution in [-0.2, 0) is 20.5 Å². The first-order chi connectivity index (χ1) is 22.9. The Morgan fingerprint density at radius 1 is 1.04 bits per heavy atom. The monoisotopic (exact) mass is 703 g/mol. The van der Waals surface area contributed by atoms with Gasteiger partial charge in [-0.05, 0) is 66.2 Å². The van der Waals surface area contributed by atoms with Crippen molar-refractivity contribution < 1.29 is 46.5 Å². The first-order valence-corrected chi connectivity index (χ1v) is 15.9. The number of carboxylic acid groups (broad SMARTS) is 1. The molecule has 3 aromatic carbocycles. The van der Waals surface area contributed by atoms with E-state index in [1.165, 1.54) is 53.4 Å². The summed E-state index contributed by atoms with van der Waals surface area (Å²) in [6.45, 7) is 3.49. The van der Waals surface area contributed by atoms with E-state index in [-0.39, 0.29) is 45.5 Å². The number of thioether (sulfide) groups is 1. The third-order valence-corrected chi connectivity index (χ3v) is 8.90. The lowest BCUT2D eigenvalue weighted by atomic mass is 9.99. The Kier molecular flexibility index (Phi) is 11.1. The molecule has 15 heteroatoms. The summed E-state index contributed by atoms with van der Waals surface area (Å²) in [6, 6.07) is 12.2. The van der Waals surface area contributed by atoms with Crippen LogP contribution >= 0.6 is 24.0 Å². The Morgan fingerprint density at radius 2 is 1.77 bits per heavy atom. The molecule has 0 aliphatic carbocycles. The molecule has 0 saturated carbocycles. The fourth-order valence-electron chi connectivity index (χ4n) is 4.96. The van der Waals surface area contributed by atoms with Crippen molar-refractivity contribution in [3.8, 4) is 16.9 Å². The van der Waals surface area contributed by atoms with Crippen molar-refractivity contribution in [1.82, 2.24) is 9.80 Å². The zero-order valence-electron chi connectivity index (χ0n) is 25.2. The molecule has 3 aromatic rings. The molecule has 0 unspecified atom stereocenters. The number of anilines is 1. The summed E-state index contributed by atoms with van der Waals surface area (Å²) in [6.07, 6.45) is -3.30. The molecule has 0 atom stereocenters. The van der Waals surface area contributed by atoms with Gasteiger partial charge in [-0.1, -0.05) is 30.0 Å². The molecule has 2 amide bonds. The molecule has 2 fully saturated rings. The summed E-state index contributed by atoms with van der Waals surface area (Å²) >= 11 is 6.40. The summed E-state index contributed by atoms with van der Waals surface area (Å²) < 4.78 is 66.7. The quantitative estimate of drug-likeness (QED) is 0.138. The van der Waals surface area contributed by atoms with Crippen molar-refractivity contribution >= 4 is 57.8 Å². The third-order valence-electron chi connectivity index (χ3n) is 7.52. The summed E-state index contributed by atoms with van der Waals surface area (Å²) in [4.78, 5) is 40.6. The van der Waals surface area contributed by atoms with E-state index in [2.05, 4.69) is 10.2 Å². The summed E-state index contributed by atoms with van der Waals surface area (Å²) in [5.74, 6) is -2.53. The van der Waals surface area contributed by atoms with Crippen LogP contribution in [0.4, 0.5) is 23.2 Å². The molecule has 48 heavy (non-hydrogen) atoms. The second kappa shape index (κ2) is 15.3. The fourth-order valence-corrected chi connectivity index (χ4v) is 6.26. The topological polar surface area (TPSA) is 108 Å². The van der Waals surface area contributed by atoms with Gasteiger partial charge in [-0.2, -0.15) is 13.2 Å². The van der Waals surface area contributed by atoms with Gasteiger partial charge >= 0.3 is 12.1 Å². The number of thiocarbonyl (C=S) groups is 1. The zero-order valence-corrected chi connectivity index (χ0v) is 26.9. The third kappa shape index (κ3) is 8.78. The highest BCUT2D eigenvalue weighted by atomic mass is 32.2. The van der Waals surface area contributed by atoms with Crippen molar-refractivity contribution in [1.29, 1.82) is 0 Å². The molecular formula is C33H29F4N3O6S2. The molecule has 252 valence electrons. The normalized spacial score (nSPS) is 16.4. The van der Waals surface area contributed by atoms with E-state index in [1.54, 1.807) is 0 Å². The maximum atomic E-state index is 14.8. The van der Waals surface area contributed by atoms with E-state index in [0.29, 0.717) is 42.8 Å². The molecule has 0 spiro atoms. The van der Waals surface area contributed by atoms with Gasteiger partial charge in [0.1, 0.15) is 22.5 Å². The highest BCUT2D eigenvalue weighted by Gasteiger charge is 2.33. The number of carboxylic acids is 1. The minimum absolute atomic E-state index is 0.0422. The van der Waals surface area contributed by atoms with Crippen LogP contribution < -0.4 is 10.1 Å². The average molecular weight is 704 g/mol. The van der Waals surface area contributed by atoms with Crippen molar-refractivity contribution in [3.63, 3.8) is 0 Å². The van der Waals surface area contributed by atoms with Gasteiger partial charge in [0.2, 0.25) is 5.91 Å². The molecule has 5 rings (SSSR count). The number of benzene rings is 3. The Bertz CT molecular complexity index is 1740. The van der Waals surface area contributed by atoms with Gasteiger partial charge in [-0.15, -0.1) is 0 Å². The van der Waals surface area contributed by atoms with E-state index < -0.39 is 35.3 Å². The molecule has 0 radical (unpaired) electrons. The number of ether oxygens (including phenoxy) is 2. The summed E-state index contributed by atoms with van der Waals surface area (Å²) in [7, 11) is 0. The lowest BCUT2D eigenvalue weighted by Crippen LogP contribution is -2.38. The standard InChI is InChI=1S/C33H29F4N3O6S2/c34-26-7-4-23(33(35,36)37)19-25(26)21-3-8-27(46-16-13-39-11-14-45-15-12-39)22(17-21)18-28-30(42)40(32(47)48-28)10-9-29(41)38-24-5-1-20(2-6-24)31(43)44/h1-8,17-19H,9-16H2,(H,38,41)(H,43,44). The molecular weight excluding hydrogens is 675 g/mol. The molecule has 2 saturated heterocycles. The number of nitrogens with one attached hydrogen (secondary N) is 1. The number of hydrogen-bond donors (Lipinski definition) is 2. The molecule has 2 aliphatic heterocycles. The SMILES string of the molecule is O=C(CCN1C(=O)C(=Cc2cc(-c3cc(C(F)(F)F)ccc3F)ccc2OCCN2CCOCC2)SC1=S)Nc1ccc(C(=O)O)cc1. The minimum atomic E-state index is -4.68. The van der Waals surface area contributed by atoms with E-state index >= 15 is 0 Å². The van der Waals surface area contributed by atoms with Gasteiger partial charge in [-0.25, -0.2) is 9.18 Å². The number of hydrogen-bond acceptors (Lipinski definition) is 8. The van der Waals surface area contributed by atoms with Gasteiger partial charge in [-0.3, -0.25) is 19.4 Å². The van der Waals surface area contributed by atoms with Crippen LogP contribution in [0.25, 0.3) is 17.2 Å². The summed E-state index contributed by atoms with van der Waals surface area (Å²) in [5.41, 5.74) is -0.353. The first kappa shape index (κ1) is 35.0. The highest BCUT2D eigenvalue weighted by molar-refractivity contribution is 8.26. The molecule has 2 aliphatic rings. The number of halogens is 4. The lowest BCUT2D eigenvalue weighted by molar-refractivity contribution is -0.137. The van der Waals surface area contributed by atoms with E-state index in [0.717, 1.165) is 37.0 Å². The second-order valence-corrected chi connectivity index (χ2v) is 12.4. The van der Waals surface area contributed by atoms with E-state index in [1.807, 2.05) is 0 Å². The Labute approximate surface area is 282 Å². The van der Waals surface area contributed by atoms with Crippen LogP contribution in [0.3, 0.4) is 0 Å². The highest BCUT2D eigenvalue weighted by Crippen LogP contribution is 2.38. The number of rotatable bonds is 11. The number of alkyl halides is 3. The van der Waals surface area contributed by atoms with Crippen LogP contribution in [0.1, 0.15) is 27.9 Å². The largest absolute Gasteiger partial charge is 0.492 e. The van der Waals surface area contributed by atoms with Crippen molar-refractivity contribution in [2.24, 2.45) is 0 Å². The maximum Gasteiger partial charge on any atom is 0.416 e. The van der Waals surface area contributed by atoms with Gasteiger partial charge in [0.25, 0.3) is 5.91 Å². The van der Waals surface area contributed by atoms with Crippen LogP contribution in [0.15, 0.2) is 65.6 Å². The molecule has 2 heterocycles. The maximum absolute atomic E-state index is 14.8. The minimum Gasteiger partial charge on any atom is -0.492 e. The van der Waals surface area contributed by atoms with E-state index in [9.17, 15) is 31.9 Å². The van der Waals surface area contributed by atoms with Crippen LogP contribution in [0.2, 0.25) is 0 Å². The molecule has 9 nitrogen and oxygen atoms in total. The molecule has 0 aromatic heterocycles. The number of carbonyl (C=O) groups is 3. The average Bonchev–Trinajstić information content (AvgIpc) is 3.32. The van der Waals surface area contributed by atoms with E-state index in [4.69, 9.17) is 26.8 Å². The van der Waals surface area contributed by atoms with Crippen molar-refractivity contribution in [2.75, 3.05) is 51.3 Å². The van der Waals surface area contributed by atoms with Gasteiger partial charge in [0, 0.05) is 49.4 Å². The van der Waals surface area contributed by atoms with Crippen LogP contribution in [0.5, 0.6) is 5.75 Å². The Balaban J connectivity index is 1.35. The fraction of sp³-hybridized carbons (Fsp3) is 0.273. The van der Waals surface area contributed by atoms with Gasteiger partial charge < -0.3 is 19.9 Å². The van der Waals surface area contributed by atoms with Crippen molar-refractivity contribution in [2.45, 2.75) is 12.6 Å². The first-order valence-electron chi connectivity index (χ1n) is 14.7. The second-order valence-electron chi connectivity index (χ2n) is 10.8. The van der Waals surface area contributed by atoms with Gasteiger partial charge in [0.15, 0.2) is 0 Å². The number of carbonyl (C=O) groups excluding carboxylic acids is 2. The zero-order chi connectivity index (χ0) is 34.4. The van der Waals surface area contributed by atoms with Crippen molar-refractivity contribution in [3.05, 3.63) is 88.1 Å². The predicted octanol–water partition coefficient (Wildman–Crippen LogP) is 6.15. The summed E-state index contributed by atoms with van der Waals surface area (Å²) in [5, 5.41) is 11.7. The molecule has 2 N–H and O–H groups in total. The Hall–Kier alpha value is -4.31. The van der Waals surface area contributed by atoms with Crippen LogP contribution in [-0.4, -0.2) is 83.0 Å². The number of amides is 2. The number of nitrogens with zero attached hydrogens (tertiary/aromatic N) is 2. The molecule has 0 bridgehead atoms. The number of morpholine rings is 1. The number of aromatic carboxylic acids is 1.